The SMILES string of the molecule is OC1(C(c2ccccc2)c2[nH]cc[n+]2F)C2CC3CC(C2)CC1C3. The summed E-state index contributed by atoms with van der Waals surface area (Å²) in [5.41, 5.74) is 0.148. The summed E-state index contributed by atoms with van der Waals surface area (Å²) in [6.45, 7) is 0. The van der Waals surface area contributed by atoms with Crippen LogP contribution in [0.25, 0.3) is 0 Å². The fourth-order valence-corrected chi connectivity index (χ4v) is 6.24. The quantitative estimate of drug-likeness (QED) is 0.892. The lowest BCUT2D eigenvalue weighted by Gasteiger charge is -2.60. The second-order valence-electron chi connectivity index (χ2n) is 8.19. The van der Waals surface area contributed by atoms with Gasteiger partial charge in [-0.3, -0.25) is 0 Å². The molecule has 4 aliphatic carbocycles. The number of hydrogen-bond acceptors (Lipinski definition) is 1. The normalized spacial score (nSPS) is 38.4. The molecule has 1 unspecified atom stereocenters. The summed E-state index contributed by atoms with van der Waals surface area (Å²) in [4.78, 5) is 3.72. The van der Waals surface area contributed by atoms with Gasteiger partial charge < -0.3 is 5.11 Å². The van der Waals surface area contributed by atoms with Crippen molar-refractivity contribution in [1.29, 1.82) is 0 Å². The van der Waals surface area contributed by atoms with Gasteiger partial charge in [0, 0.05) is 4.48 Å². The number of nitrogens with one attached hydrogen (secondary N) is 1. The Balaban J connectivity index is 1.66. The zero-order valence-corrected chi connectivity index (χ0v) is 13.7. The smallest absolute Gasteiger partial charge is 0.301 e. The molecule has 4 aliphatic rings. The molecule has 0 radical (unpaired) electrons. The lowest BCUT2D eigenvalue weighted by atomic mass is 9.46. The third-order valence-corrected chi connectivity index (χ3v) is 6.98. The van der Waals surface area contributed by atoms with Crippen LogP contribution in [-0.4, -0.2) is 15.7 Å². The van der Waals surface area contributed by atoms with E-state index in [0.717, 1.165) is 43.1 Å². The Morgan fingerprint density at radius 3 is 2.21 bits per heavy atom. The maximum Gasteiger partial charge on any atom is 0.301 e. The molecule has 0 saturated heterocycles. The van der Waals surface area contributed by atoms with Crippen LogP contribution in [0.3, 0.4) is 0 Å². The molecule has 126 valence electrons. The van der Waals surface area contributed by atoms with Gasteiger partial charge in [0.1, 0.15) is 12.1 Å². The third kappa shape index (κ3) is 1.95. The number of aromatic amines is 1. The first-order valence-corrected chi connectivity index (χ1v) is 9.18. The molecule has 2 N–H and O–H groups in total. The minimum Gasteiger partial charge on any atom is -0.388 e. The Bertz CT molecular complexity index is 713. The molecule has 1 atom stereocenters. The van der Waals surface area contributed by atoms with Crippen LogP contribution in [-0.2, 0) is 0 Å². The Labute approximate surface area is 141 Å². The topological polar surface area (TPSA) is 39.9 Å². The minimum absolute atomic E-state index is 0.280. The average Bonchev–Trinajstić information content (AvgIpc) is 2.99. The first-order chi connectivity index (χ1) is 11.7. The number of hydrogen-bond donors (Lipinski definition) is 2. The van der Waals surface area contributed by atoms with Crippen LogP contribution in [0.2, 0.25) is 0 Å². The predicted molar refractivity (Wildman–Crippen MR) is 87.8 cm³/mol. The van der Waals surface area contributed by atoms with Crippen molar-refractivity contribution in [3.05, 3.63) is 54.1 Å². The van der Waals surface area contributed by atoms with Gasteiger partial charge in [-0.05, 0) is 66.1 Å². The van der Waals surface area contributed by atoms with Crippen LogP contribution in [0.5, 0.6) is 0 Å². The molecule has 2 aromatic rings. The van der Waals surface area contributed by atoms with E-state index in [4.69, 9.17) is 0 Å². The van der Waals surface area contributed by atoms with E-state index in [0.29, 0.717) is 10.6 Å². The van der Waals surface area contributed by atoms with Crippen molar-refractivity contribution in [1.82, 2.24) is 4.98 Å². The van der Waals surface area contributed by atoms with Crippen LogP contribution in [0.4, 0.5) is 4.48 Å². The van der Waals surface area contributed by atoms with Gasteiger partial charge in [-0.25, -0.2) is 4.98 Å². The van der Waals surface area contributed by atoms with E-state index in [-0.39, 0.29) is 17.8 Å². The zero-order valence-electron chi connectivity index (χ0n) is 13.7. The lowest BCUT2D eigenvalue weighted by molar-refractivity contribution is -0.849. The van der Waals surface area contributed by atoms with E-state index in [1.807, 2.05) is 30.3 Å². The summed E-state index contributed by atoms with van der Waals surface area (Å²) < 4.78 is 14.4. The van der Waals surface area contributed by atoms with Gasteiger partial charge in [0.15, 0.2) is 6.20 Å². The predicted octanol–water partition coefficient (Wildman–Crippen LogP) is 3.35. The van der Waals surface area contributed by atoms with E-state index < -0.39 is 5.60 Å². The second kappa shape index (κ2) is 5.16. The molecule has 4 heteroatoms. The van der Waals surface area contributed by atoms with Crippen LogP contribution >= 0.6 is 0 Å². The monoisotopic (exact) mass is 327 g/mol. The molecule has 1 aromatic carbocycles. The summed E-state index contributed by atoms with van der Waals surface area (Å²) in [6, 6.07) is 9.98. The molecular formula is C20H24FN2O+. The van der Waals surface area contributed by atoms with Crippen molar-refractivity contribution >= 4 is 0 Å². The second-order valence-corrected chi connectivity index (χ2v) is 8.19. The standard InChI is InChI=1S/C20H23FN2O/c21-23-7-6-22-19(23)18(15-4-2-1-3-5-15)20(24)16-9-13-8-14(11-16)12-17(20)10-13/h1-7,13-14,16-18,24H,8-12H2/p+1. The largest absolute Gasteiger partial charge is 0.388 e. The molecule has 0 aliphatic heterocycles. The van der Waals surface area contributed by atoms with Crippen molar-refractivity contribution in [3.63, 3.8) is 0 Å². The van der Waals surface area contributed by atoms with Crippen LogP contribution < -0.4 is 4.79 Å². The van der Waals surface area contributed by atoms with E-state index in [2.05, 4.69) is 4.98 Å². The highest BCUT2D eigenvalue weighted by atomic mass is 19.2. The Morgan fingerprint density at radius 1 is 1.04 bits per heavy atom. The molecular weight excluding hydrogens is 303 g/mol. The van der Waals surface area contributed by atoms with Gasteiger partial charge in [-0.15, -0.1) is 0 Å². The van der Waals surface area contributed by atoms with Crippen molar-refractivity contribution in [2.24, 2.45) is 23.7 Å². The van der Waals surface area contributed by atoms with Crippen LogP contribution in [0, 0.1) is 23.7 Å². The number of rotatable bonds is 3. The number of aromatic nitrogens is 2. The van der Waals surface area contributed by atoms with Gasteiger partial charge in [-0.2, -0.15) is 0 Å². The first kappa shape index (κ1) is 14.6. The number of aliphatic hydroxyl groups is 1. The van der Waals surface area contributed by atoms with Gasteiger partial charge in [0.05, 0.1) is 5.60 Å². The molecule has 4 saturated carbocycles. The van der Waals surface area contributed by atoms with Gasteiger partial charge >= 0.3 is 5.82 Å². The molecule has 1 heterocycles. The number of H-pyrrole nitrogens is 1. The lowest BCUT2D eigenvalue weighted by Crippen LogP contribution is -2.61. The highest BCUT2D eigenvalue weighted by Gasteiger charge is 2.62. The average molecular weight is 327 g/mol. The molecule has 6 rings (SSSR count). The van der Waals surface area contributed by atoms with Crippen molar-refractivity contribution in [3.8, 4) is 0 Å². The molecule has 0 amide bonds. The molecule has 0 spiro atoms. The highest BCUT2D eigenvalue weighted by Crippen LogP contribution is 2.62. The summed E-state index contributed by atoms with van der Waals surface area (Å²) in [5.74, 6) is 2.23. The molecule has 3 nitrogen and oxygen atoms in total. The minimum atomic E-state index is -0.854. The van der Waals surface area contributed by atoms with E-state index >= 15 is 0 Å². The van der Waals surface area contributed by atoms with E-state index in [9.17, 15) is 9.59 Å². The fourth-order valence-electron chi connectivity index (χ4n) is 6.24. The number of nitrogens with zero attached hydrogens (tertiary/aromatic N) is 1. The van der Waals surface area contributed by atoms with Crippen molar-refractivity contribution in [2.75, 3.05) is 0 Å². The van der Waals surface area contributed by atoms with Crippen LogP contribution in [0.15, 0.2) is 42.7 Å². The first-order valence-electron chi connectivity index (χ1n) is 9.18. The fraction of sp³-hybridized carbons (Fsp3) is 0.550. The van der Waals surface area contributed by atoms with Gasteiger partial charge in [0.25, 0.3) is 0 Å². The summed E-state index contributed by atoms with van der Waals surface area (Å²) >= 11 is 0. The summed E-state index contributed by atoms with van der Waals surface area (Å²) in [5, 5.41) is 12.0. The maximum absolute atomic E-state index is 14.4. The summed E-state index contributed by atoms with van der Waals surface area (Å²) in [7, 11) is 0. The highest BCUT2D eigenvalue weighted by molar-refractivity contribution is 5.31. The summed E-state index contributed by atoms with van der Waals surface area (Å²) in [6.07, 6.45) is 8.74. The molecule has 24 heavy (non-hydrogen) atoms. The molecule has 4 bridgehead atoms. The van der Waals surface area contributed by atoms with Gasteiger partial charge in [0.2, 0.25) is 0 Å². The Kier molecular flexibility index (Phi) is 3.15. The van der Waals surface area contributed by atoms with Crippen molar-refractivity contribution < 1.29 is 14.4 Å². The third-order valence-electron chi connectivity index (χ3n) is 6.98. The maximum atomic E-state index is 14.4. The van der Waals surface area contributed by atoms with E-state index in [1.165, 1.54) is 12.6 Å². The molecule has 1 aromatic heterocycles. The molecule has 4 fully saturated rings. The number of halogens is 1. The van der Waals surface area contributed by atoms with Gasteiger partial charge in [-0.1, -0.05) is 30.3 Å². The Hall–Kier alpha value is -1.68. The zero-order chi connectivity index (χ0) is 16.3. The van der Waals surface area contributed by atoms with Crippen molar-refractivity contribution in [2.45, 2.75) is 43.6 Å². The number of benzene rings is 1. The Morgan fingerprint density at radius 2 is 1.67 bits per heavy atom. The van der Waals surface area contributed by atoms with E-state index in [1.54, 1.807) is 6.20 Å². The van der Waals surface area contributed by atoms with Crippen LogP contribution in [0.1, 0.15) is 49.4 Å². The number of imidazole rings is 1.